The molecule has 4 rings (SSSR count). The summed E-state index contributed by atoms with van der Waals surface area (Å²) in [5, 5.41) is 14.6. The fourth-order valence-electron chi connectivity index (χ4n) is 3.12. The van der Waals surface area contributed by atoms with E-state index in [4.69, 9.17) is 5.11 Å². The first-order valence-electron chi connectivity index (χ1n) is 9.77. The Morgan fingerprint density at radius 3 is 2.19 bits per heavy atom. The van der Waals surface area contributed by atoms with Crippen LogP contribution in [0.5, 0.6) is 0 Å². The molecule has 0 aliphatic rings. The zero-order chi connectivity index (χ0) is 22.5. The topological polar surface area (TPSA) is 126 Å². The molecule has 9 heteroatoms. The van der Waals surface area contributed by atoms with Crippen LogP contribution in [0.1, 0.15) is 42.5 Å². The summed E-state index contributed by atoms with van der Waals surface area (Å²) < 4.78 is 1.56. The van der Waals surface area contributed by atoms with Crippen LogP contribution in [0, 0.1) is 0 Å². The van der Waals surface area contributed by atoms with Gasteiger partial charge in [-0.25, -0.2) is 9.78 Å². The molecule has 4 aromatic rings. The molecular formula is C23H19N5O4. The molecule has 32 heavy (non-hydrogen) atoms. The number of rotatable bonds is 7. The lowest BCUT2D eigenvalue weighted by atomic mass is 10.1. The number of pyridine rings is 2. The monoisotopic (exact) mass is 429 g/mol. The maximum Gasteiger partial charge on any atom is 0.335 e. The molecule has 1 aromatic carbocycles. The predicted octanol–water partition coefficient (Wildman–Crippen LogP) is 2.29. The number of benzene rings is 1. The summed E-state index contributed by atoms with van der Waals surface area (Å²) >= 11 is 0. The number of nitrogens with one attached hydrogen (secondary N) is 2. The highest BCUT2D eigenvalue weighted by molar-refractivity contribution is 5.95. The maximum absolute atomic E-state index is 12.7. The van der Waals surface area contributed by atoms with Gasteiger partial charge in [0.15, 0.2) is 0 Å². The molecule has 0 radical (unpaired) electrons. The third-order valence-electron chi connectivity index (χ3n) is 4.81. The number of carboxylic acids is 1. The van der Waals surface area contributed by atoms with Crippen LogP contribution < -0.4 is 10.6 Å². The molecule has 9 nitrogen and oxygen atoms in total. The first-order valence-corrected chi connectivity index (χ1v) is 9.77. The van der Waals surface area contributed by atoms with Gasteiger partial charge in [-0.15, -0.1) is 0 Å². The summed E-state index contributed by atoms with van der Waals surface area (Å²) in [4.78, 5) is 44.4. The average Bonchev–Trinajstić information content (AvgIpc) is 3.26. The summed E-state index contributed by atoms with van der Waals surface area (Å²) in [5.41, 5.74) is 2.84. The Morgan fingerprint density at radius 1 is 0.844 bits per heavy atom. The van der Waals surface area contributed by atoms with Gasteiger partial charge in [0, 0.05) is 31.7 Å². The molecule has 0 saturated heterocycles. The second kappa shape index (κ2) is 9.09. The summed E-state index contributed by atoms with van der Waals surface area (Å²) in [6.45, 7) is 0.562. The third kappa shape index (κ3) is 4.62. The molecule has 0 unspecified atom stereocenters. The van der Waals surface area contributed by atoms with E-state index in [2.05, 4.69) is 20.6 Å². The minimum Gasteiger partial charge on any atom is -0.478 e. The van der Waals surface area contributed by atoms with Gasteiger partial charge in [-0.3, -0.25) is 19.0 Å². The Balaban J connectivity index is 1.45. The van der Waals surface area contributed by atoms with Crippen LogP contribution in [0.4, 0.5) is 0 Å². The van der Waals surface area contributed by atoms with Gasteiger partial charge in [0.2, 0.25) is 0 Å². The number of carbonyl (C=O) groups is 3. The largest absolute Gasteiger partial charge is 0.478 e. The van der Waals surface area contributed by atoms with Gasteiger partial charge in [-0.1, -0.05) is 18.2 Å². The number of aromatic carboxylic acids is 1. The molecule has 3 aromatic heterocycles. The Labute approximate surface area is 182 Å². The summed E-state index contributed by atoms with van der Waals surface area (Å²) in [5.74, 6) is -1.71. The molecule has 3 N–H and O–H groups in total. The lowest BCUT2D eigenvalue weighted by molar-refractivity contribution is 0.0696. The van der Waals surface area contributed by atoms with Crippen molar-refractivity contribution in [1.29, 1.82) is 0 Å². The summed E-state index contributed by atoms with van der Waals surface area (Å²) in [6, 6.07) is 14.9. The van der Waals surface area contributed by atoms with Gasteiger partial charge in [-0.2, -0.15) is 0 Å². The van der Waals surface area contributed by atoms with Crippen LogP contribution in [-0.4, -0.2) is 37.3 Å². The first kappa shape index (κ1) is 20.7. The number of nitrogens with zero attached hydrogens (tertiary/aromatic N) is 3. The van der Waals surface area contributed by atoms with Crippen molar-refractivity contribution in [2.24, 2.45) is 0 Å². The van der Waals surface area contributed by atoms with Crippen molar-refractivity contribution in [3.05, 3.63) is 101 Å². The molecular weight excluding hydrogens is 410 g/mol. The van der Waals surface area contributed by atoms with Gasteiger partial charge in [0.1, 0.15) is 17.0 Å². The third-order valence-corrected chi connectivity index (χ3v) is 4.81. The van der Waals surface area contributed by atoms with Crippen molar-refractivity contribution in [1.82, 2.24) is 25.0 Å². The Kier molecular flexibility index (Phi) is 5.89. The number of imidazole rings is 1. The van der Waals surface area contributed by atoms with Crippen molar-refractivity contribution < 1.29 is 19.5 Å². The van der Waals surface area contributed by atoms with E-state index in [-0.39, 0.29) is 29.6 Å². The molecule has 0 aliphatic carbocycles. The minimum absolute atomic E-state index is 0.179. The van der Waals surface area contributed by atoms with E-state index in [9.17, 15) is 14.4 Å². The molecule has 2 amide bonds. The second-order valence-electron chi connectivity index (χ2n) is 6.99. The van der Waals surface area contributed by atoms with Gasteiger partial charge in [0.25, 0.3) is 11.8 Å². The number of carbonyl (C=O) groups excluding carboxylic acids is 2. The Hall–Kier alpha value is -4.53. The number of hydrogen-bond donors (Lipinski definition) is 3. The predicted molar refractivity (Wildman–Crippen MR) is 115 cm³/mol. The quantitative estimate of drug-likeness (QED) is 0.414. The number of fused-ring (bicyclic) bond motifs is 1. The minimum atomic E-state index is -1.01. The smallest absolute Gasteiger partial charge is 0.335 e. The Bertz CT molecular complexity index is 1280. The fourth-order valence-corrected chi connectivity index (χ4v) is 3.12. The van der Waals surface area contributed by atoms with Crippen LogP contribution in [0.15, 0.2) is 73.2 Å². The lowest BCUT2D eigenvalue weighted by Crippen LogP contribution is -2.25. The van der Waals surface area contributed by atoms with Crippen LogP contribution in [0.2, 0.25) is 0 Å². The Morgan fingerprint density at radius 2 is 1.50 bits per heavy atom. The number of aromatic nitrogens is 3. The molecule has 0 aliphatic heterocycles. The van der Waals surface area contributed by atoms with E-state index in [1.165, 1.54) is 18.3 Å². The number of carboxylic acid groups (broad SMARTS) is 1. The second-order valence-corrected chi connectivity index (χ2v) is 6.99. The highest BCUT2D eigenvalue weighted by atomic mass is 16.4. The van der Waals surface area contributed by atoms with Gasteiger partial charge < -0.3 is 15.7 Å². The highest BCUT2D eigenvalue weighted by Gasteiger charge is 2.15. The van der Waals surface area contributed by atoms with E-state index < -0.39 is 5.97 Å². The number of hydrogen-bond acceptors (Lipinski definition) is 5. The van der Waals surface area contributed by atoms with Crippen LogP contribution >= 0.6 is 0 Å². The molecule has 0 bridgehead atoms. The van der Waals surface area contributed by atoms with E-state index in [1.807, 2.05) is 12.1 Å². The highest BCUT2D eigenvalue weighted by Crippen LogP contribution is 2.11. The van der Waals surface area contributed by atoms with Crippen LogP contribution in [0.3, 0.4) is 0 Å². The van der Waals surface area contributed by atoms with Gasteiger partial charge in [0.05, 0.1) is 5.56 Å². The molecule has 3 heterocycles. The van der Waals surface area contributed by atoms with Crippen molar-refractivity contribution in [3.63, 3.8) is 0 Å². The van der Waals surface area contributed by atoms with Crippen LogP contribution in [-0.2, 0) is 13.1 Å². The number of amides is 2. The summed E-state index contributed by atoms with van der Waals surface area (Å²) in [6.07, 6.45) is 4.82. The normalized spacial score (nSPS) is 10.6. The van der Waals surface area contributed by atoms with Crippen molar-refractivity contribution in [2.75, 3.05) is 0 Å². The molecule has 0 fully saturated rings. The van der Waals surface area contributed by atoms with E-state index >= 15 is 0 Å². The SMILES string of the molecule is O=C(O)c1ccc(CNC(=O)c2cccc3nc(C(=O)NCc4ccncc4)cn23)cc1. The first-order chi connectivity index (χ1) is 15.5. The zero-order valence-electron chi connectivity index (χ0n) is 16.9. The molecule has 160 valence electrons. The van der Waals surface area contributed by atoms with Gasteiger partial charge >= 0.3 is 5.97 Å². The maximum atomic E-state index is 12.7. The van der Waals surface area contributed by atoms with Gasteiger partial charge in [-0.05, 0) is 47.5 Å². The van der Waals surface area contributed by atoms with Crippen molar-refractivity contribution >= 4 is 23.4 Å². The zero-order valence-corrected chi connectivity index (χ0v) is 16.9. The molecule has 0 saturated carbocycles. The molecule has 0 spiro atoms. The average molecular weight is 429 g/mol. The lowest BCUT2D eigenvalue weighted by Gasteiger charge is -2.07. The standard InChI is InChI=1S/C23H19N5O4/c29-21(25-13-16-8-10-24-11-9-16)18-14-28-19(2-1-3-20(28)27-18)22(30)26-12-15-4-6-17(7-5-15)23(31)32/h1-11,14H,12-13H2,(H,25,29)(H,26,30)(H,31,32). The summed E-state index contributed by atoms with van der Waals surface area (Å²) in [7, 11) is 0. The van der Waals surface area contributed by atoms with E-state index in [0.29, 0.717) is 17.9 Å². The van der Waals surface area contributed by atoms with E-state index in [0.717, 1.165) is 11.1 Å². The fraction of sp³-hybridized carbons (Fsp3) is 0.0870. The van der Waals surface area contributed by atoms with E-state index in [1.54, 1.807) is 47.1 Å². The van der Waals surface area contributed by atoms with Crippen molar-refractivity contribution in [3.8, 4) is 0 Å². The van der Waals surface area contributed by atoms with Crippen molar-refractivity contribution in [2.45, 2.75) is 13.1 Å². The van der Waals surface area contributed by atoms with Crippen LogP contribution in [0.25, 0.3) is 5.65 Å². The molecule has 0 atom stereocenters.